The summed E-state index contributed by atoms with van der Waals surface area (Å²) >= 11 is 0. The second kappa shape index (κ2) is 4.47. The van der Waals surface area contributed by atoms with Gasteiger partial charge in [0, 0.05) is 11.0 Å². The minimum Gasteiger partial charge on any atom is -0.458 e. The monoisotopic (exact) mass is 358 g/mol. The third-order valence-electron chi connectivity index (χ3n) is 6.09. The molecule has 0 bridgehead atoms. The maximum Gasteiger partial charge on any atom is 0.426 e. The Balaban J connectivity index is 1.76. The van der Waals surface area contributed by atoms with Crippen LogP contribution in [0.1, 0.15) is 32.6 Å². The van der Waals surface area contributed by atoms with Crippen molar-refractivity contribution in [3.05, 3.63) is 12.2 Å². The molecule has 4 unspecified atom stereocenters. The Morgan fingerprint density at radius 2 is 1.75 bits per heavy atom. The lowest BCUT2D eigenvalue weighted by Crippen LogP contribution is -2.63. The Kier molecular flexibility index (Phi) is 3.28. The maximum atomic E-state index is 12.8. The second-order valence-corrected chi connectivity index (χ2v) is 7.34. The Hall–Kier alpha value is -1.25. The van der Waals surface area contributed by atoms with Crippen LogP contribution in [-0.2, 0) is 9.53 Å². The molecule has 3 rings (SSSR count). The van der Waals surface area contributed by atoms with E-state index in [0.29, 0.717) is 12.8 Å². The fourth-order valence-electron chi connectivity index (χ4n) is 4.73. The molecule has 3 nitrogen and oxygen atoms in total. The van der Waals surface area contributed by atoms with Crippen LogP contribution in [0.2, 0.25) is 0 Å². The van der Waals surface area contributed by atoms with Gasteiger partial charge in [-0.1, -0.05) is 6.58 Å². The number of aliphatic hydroxyl groups is 1. The molecule has 3 aliphatic rings. The van der Waals surface area contributed by atoms with E-state index >= 15 is 0 Å². The number of esters is 1. The first-order chi connectivity index (χ1) is 10.7. The van der Waals surface area contributed by atoms with Gasteiger partial charge in [0.05, 0.1) is 0 Å². The van der Waals surface area contributed by atoms with E-state index in [9.17, 15) is 36.2 Å². The maximum absolute atomic E-state index is 12.8. The normalized spacial score (nSPS) is 37.5. The zero-order chi connectivity index (χ0) is 18.3. The number of ether oxygens (including phenoxy) is 1. The van der Waals surface area contributed by atoms with Gasteiger partial charge >= 0.3 is 18.3 Å². The fraction of sp³-hybridized carbons (Fsp3) is 0.800. The third kappa shape index (κ3) is 1.93. The molecule has 24 heavy (non-hydrogen) atoms. The second-order valence-electron chi connectivity index (χ2n) is 7.34. The van der Waals surface area contributed by atoms with Crippen LogP contribution in [-0.4, -0.2) is 35.1 Å². The average Bonchev–Trinajstić information content (AvgIpc) is 2.75. The standard InChI is InChI=1S/C15H16F6O3/c1-7(2)10(22)24-9-5-11-3-8(12(9,11)6-11)4-13(23,14(16,17)18)15(19,20)21/h8-9,23H,1,3-6H2,2H3. The average molecular weight is 358 g/mol. The first-order valence-corrected chi connectivity index (χ1v) is 7.42. The lowest BCUT2D eigenvalue weighted by molar-refractivity contribution is -0.378. The number of hydrogen-bond donors (Lipinski definition) is 1. The summed E-state index contributed by atoms with van der Waals surface area (Å²) in [6, 6.07) is 0. The summed E-state index contributed by atoms with van der Waals surface area (Å²) in [6.45, 7) is 4.80. The molecular weight excluding hydrogens is 342 g/mol. The molecule has 0 amide bonds. The van der Waals surface area contributed by atoms with Gasteiger partial charge in [-0.15, -0.1) is 0 Å². The molecule has 136 valence electrons. The van der Waals surface area contributed by atoms with Crippen LogP contribution in [0.3, 0.4) is 0 Å². The molecule has 0 aromatic heterocycles. The third-order valence-corrected chi connectivity index (χ3v) is 6.09. The van der Waals surface area contributed by atoms with Gasteiger partial charge < -0.3 is 9.84 Å². The van der Waals surface area contributed by atoms with Crippen molar-refractivity contribution in [1.82, 2.24) is 0 Å². The van der Waals surface area contributed by atoms with Crippen molar-refractivity contribution in [2.75, 3.05) is 0 Å². The quantitative estimate of drug-likeness (QED) is 0.475. The van der Waals surface area contributed by atoms with Gasteiger partial charge in [-0.05, 0) is 43.9 Å². The zero-order valence-electron chi connectivity index (χ0n) is 12.7. The highest BCUT2D eigenvalue weighted by atomic mass is 19.4. The topological polar surface area (TPSA) is 46.5 Å². The van der Waals surface area contributed by atoms with Crippen LogP contribution >= 0.6 is 0 Å². The first-order valence-electron chi connectivity index (χ1n) is 7.42. The largest absolute Gasteiger partial charge is 0.458 e. The van der Waals surface area contributed by atoms with Crippen LogP contribution in [0.25, 0.3) is 0 Å². The molecule has 0 aromatic rings. The number of carbonyl (C=O) groups excluding carboxylic acids is 1. The van der Waals surface area contributed by atoms with E-state index in [1.54, 1.807) is 0 Å². The molecular formula is C15H16F6O3. The van der Waals surface area contributed by atoms with Crippen molar-refractivity contribution in [3.8, 4) is 0 Å². The summed E-state index contributed by atoms with van der Waals surface area (Å²) in [4.78, 5) is 11.6. The summed E-state index contributed by atoms with van der Waals surface area (Å²) in [5, 5.41) is 9.36. The summed E-state index contributed by atoms with van der Waals surface area (Å²) in [6.07, 6.45) is -12.7. The van der Waals surface area contributed by atoms with Crippen LogP contribution in [0, 0.1) is 16.7 Å². The van der Waals surface area contributed by atoms with Gasteiger partial charge in [0.15, 0.2) is 0 Å². The first kappa shape index (κ1) is 17.6. The summed E-state index contributed by atoms with van der Waals surface area (Å²) in [7, 11) is 0. The van der Waals surface area contributed by atoms with Crippen molar-refractivity contribution in [1.29, 1.82) is 0 Å². The Bertz CT molecular complexity index is 595. The molecule has 9 heteroatoms. The number of alkyl halides is 6. The SMILES string of the molecule is C=C(C)C(=O)OC1CC23CC(CC(O)(C(F)(F)F)C(F)(F)F)C12C3. The van der Waals surface area contributed by atoms with E-state index in [0.717, 1.165) is 0 Å². The summed E-state index contributed by atoms with van der Waals surface area (Å²) in [5.41, 5.74) is -5.78. The predicted molar refractivity (Wildman–Crippen MR) is 68.6 cm³/mol. The van der Waals surface area contributed by atoms with Gasteiger partial charge in [0.2, 0.25) is 0 Å². The lowest BCUT2D eigenvalue weighted by atomic mass is 9.49. The van der Waals surface area contributed by atoms with Gasteiger partial charge in [-0.25, -0.2) is 4.79 Å². The molecule has 0 heterocycles. The van der Waals surface area contributed by atoms with Crippen LogP contribution in [0.15, 0.2) is 12.2 Å². The molecule has 0 aromatic carbocycles. The van der Waals surface area contributed by atoms with E-state index < -0.39 is 47.8 Å². The fourth-order valence-corrected chi connectivity index (χ4v) is 4.73. The molecule has 0 radical (unpaired) electrons. The Morgan fingerprint density at radius 3 is 2.12 bits per heavy atom. The van der Waals surface area contributed by atoms with E-state index in [1.165, 1.54) is 6.92 Å². The summed E-state index contributed by atoms with van der Waals surface area (Å²) in [5.74, 6) is -1.69. The van der Waals surface area contributed by atoms with E-state index in [-0.39, 0.29) is 17.4 Å². The van der Waals surface area contributed by atoms with Crippen LogP contribution in [0.4, 0.5) is 26.3 Å². The lowest BCUT2D eigenvalue weighted by Gasteiger charge is -2.58. The highest BCUT2D eigenvalue weighted by Crippen LogP contribution is 2.92. The van der Waals surface area contributed by atoms with Crippen molar-refractivity contribution in [3.63, 3.8) is 0 Å². The zero-order valence-corrected chi connectivity index (χ0v) is 12.7. The van der Waals surface area contributed by atoms with Gasteiger partial charge in [0.1, 0.15) is 6.10 Å². The predicted octanol–water partition coefficient (Wildman–Crippen LogP) is 3.52. The van der Waals surface area contributed by atoms with E-state index in [2.05, 4.69) is 6.58 Å². The van der Waals surface area contributed by atoms with Crippen LogP contribution < -0.4 is 0 Å². The molecule has 3 saturated carbocycles. The van der Waals surface area contributed by atoms with Gasteiger partial charge in [0.25, 0.3) is 5.60 Å². The number of halogens is 6. The molecule has 0 saturated heterocycles. The molecule has 1 N–H and O–H groups in total. The minimum atomic E-state index is -5.82. The van der Waals surface area contributed by atoms with Crippen LogP contribution in [0.5, 0.6) is 0 Å². The number of rotatable bonds is 4. The van der Waals surface area contributed by atoms with Gasteiger partial charge in [-0.2, -0.15) is 26.3 Å². The molecule has 0 aliphatic heterocycles. The number of hydrogen-bond acceptors (Lipinski definition) is 3. The number of carbonyl (C=O) groups is 1. The molecule has 3 fully saturated rings. The summed E-state index contributed by atoms with van der Waals surface area (Å²) < 4.78 is 82.2. The van der Waals surface area contributed by atoms with E-state index in [4.69, 9.17) is 4.74 Å². The highest BCUT2D eigenvalue weighted by molar-refractivity contribution is 5.87. The van der Waals surface area contributed by atoms with Gasteiger partial charge in [-0.3, -0.25) is 0 Å². The Morgan fingerprint density at radius 1 is 1.21 bits per heavy atom. The van der Waals surface area contributed by atoms with Crippen molar-refractivity contribution >= 4 is 5.97 Å². The Labute approximate surface area is 133 Å². The minimum absolute atomic E-state index is 0.113. The highest BCUT2D eigenvalue weighted by Gasteiger charge is 2.90. The van der Waals surface area contributed by atoms with Crippen molar-refractivity contribution in [2.24, 2.45) is 16.7 Å². The van der Waals surface area contributed by atoms with Crippen molar-refractivity contribution < 1.29 is 41.0 Å². The van der Waals surface area contributed by atoms with E-state index in [1.807, 2.05) is 0 Å². The molecule has 3 aliphatic carbocycles. The smallest absolute Gasteiger partial charge is 0.426 e. The molecule has 4 atom stereocenters. The van der Waals surface area contributed by atoms with Crippen molar-refractivity contribution in [2.45, 2.75) is 56.7 Å². The molecule has 0 spiro atoms.